The minimum absolute atomic E-state index is 0.134. The van der Waals surface area contributed by atoms with Crippen LogP contribution >= 0.6 is 11.6 Å². The molecule has 1 aliphatic carbocycles. The summed E-state index contributed by atoms with van der Waals surface area (Å²) in [7, 11) is 5.69. The first kappa shape index (κ1) is 31.1. The van der Waals surface area contributed by atoms with Crippen LogP contribution in [0, 0.1) is 12.8 Å². The van der Waals surface area contributed by atoms with Crippen molar-refractivity contribution in [2.75, 3.05) is 33.7 Å². The molecular weight excluding hydrogens is 510 g/mol. The summed E-state index contributed by atoms with van der Waals surface area (Å²) in [5.41, 5.74) is 3.65. The molecule has 1 heterocycles. The second-order valence-corrected chi connectivity index (χ2v) is 12.0. The van der Waals surface area contributed by atoms with E-state index in [1.54, 1.807) is 4.90 Å². The Kier molecular flexibility index (Phi) is 11.8. The van der Waals surface area contributed by atoms with Gasteiger partial charge in [0, 0.05) is 48.9 Å². The van der Waals surface area contributed by atoms with Crippen molar-refractivity contribution in [1.29, 1.82) is 0 Å². The van der Waals surface area contributed by atoms with Gasteiger partial charge in [-0.15, -0.1) is 6.58 Å². The second-order valence-electron chi connectivity index (χ2n) is 11.5. The first-order valence-corrected chi connectivity index (χ1v) is 14.5. The molecule has 1 saturated carbocycles. The number of carbonyl (C=O) groups excluding carboxylic acids is 2. The van der Waals surface area contributed by atoms with Gasteiger partial charge in [-0.25, -0.2) is 0 Å². The van der Waals surface area contributed by atoms with Gasteiger partial charge in [0.1, 0.15) is 0 Å². The molecule has 2 aromatic rings. The average molecular weight is 556 g/mol. The molecule has 0 spiro atoms. The maximum Gasteiger partial charge on any atom is 0.243 e. The number of hydrogen-bond acceptors (Lipinski definition) is 5. The Morgan fingerprint density at radius 1 is 1.18 bits per heavy atom. The number of aryl methyl sites for hydroxylation is 2. The van der Waals surface area contributed by atoms with E-state index in [0.29, 0.717) is 24.9 Å². The smallest absolute Gasteiger partial charge is 0.243 e. The second kappa shape index (κ2) is 14.8. The Balaban J connectivity index is 1.78. The van der Waals surface area contributed by atoms with Gasteiger partial charge in [-0.05, 0) is 89.2 Å². The van der Waals surface area contributed by atoms with E-state index in [4.69, 9.17) is 16.7 Å². The normalized spacial score (nSPS) is 19.2. The van der Waals surface area contributed by atoms with Gasteiger partial charge in [-0.3, -0.25) is 24.1 Å². The topological polar surface area (TPSA) is 61.7 Å². The molecule has 214 valence electrons. The fourth-order valence-electron chi connectivity index (χ4n) is 5.83. The number of rotatable bonds is 14. The van der Waals surface area contributed by atoms with Crippen molar-refractivity contribution >= 4 is 23.9 Å². The van der Waals surface area contributed by atoms with E-state index in [-0.39, 0.29) is 24.4 Å². The van der Waals surface area contributed by atoms with E-state index in [0.717, 1.165) is 50.1 Å². The van der Waals surface area contributed by atoms with Gasteiger partial charge < -0.3 is 4.90 Å². The third-order valence-electron chi connectivity index (χ3n) is 7.94. The highest BCUT2D eigenvalue weighted by Crippen LogP contribution is 2.36. The van der Waals surface area contributed by atoms with Gasteiger partial charge in [0.05, 0.1) is 12.2 Å². The molecule has 1 aliphatic rings. The summed E-state index contributed by atoms with van der Waals surface area (Å²) in [5.74, 6) is 0.460. The highest BCUT2D eigenvalue weighted by molar-refractivity contribution is 6.30. The van der Waals surface area contributed by atoms with Crippen LogP contribution in [-0.4, -0.2) is 82.6 Å². The summed E-state index contributed by atoms with van der Waals surface area (Å²) >= 11 is 6.16. The van der Waals surface area contributed by atoms with Crippen LogP contribution in [0.2, 0.25) is 5.02 Å². The van der Waals surface area contributed by atoms with Crippen LogP contribution < -0.4 is 0 Å². The first-order chi connectivity index (χ1) is 18.6. The molecular formula is C31H46ClN5O2. The number of likely N-dealkylation sites (N-methyl/N-ethyl adjacent to an activating group) is 1. The van der Waals surface area contributed by atoms with Crippen molar-refractivity contribution in [3.8, 4) is 0 Å². The Bertz CT molecular complexity index is 1060. The maximum absolute atomic E-state index is 12.6. The molecule has 0 bridgehead atoms. The lowest BCUT2D eigenvalue weighted by atomic mass is 9.82. The summed E-state index contributed by atoms with van der Waals surface area (Å²) in [6, 6.07) is 11.0. The third-order valence-corrected chi connectivity index (χ3v) is 8.19. The van der Waals surface area contributed by atoms with E-state index >= 15 is 0 Å². The molecule has 0 aliphatic heterocycles. The zero-order chi connectivity index (χ0) is 28.5. The van der Waals surface area contributed by atoms with Gasteiger partial charge >= 0.3 is 0 Å². The van der Waals surface area contributed by atoms with E-state index in [1.165, 1.54) is 21.9 Å². The van der Waals surface area contributed by atoms with Crippen molar-refractivity contribution in [3.05, 3.63) is 65.0 Å². The van der Waals surface area contributed by atoms with Crippen molar-refractivity contribution < 1.29 is 9.59 Å². The number of amides is 2. The van der Waals surface area contributed by atoms with Crippen LogP contribution in [0.25, 0.3) is 0 Å². The van der Waals surface area contributed by atoms with Gasteiger partial charge in [-0.1, -0.05) is 36.7 Å². The molecule has 39 heavy (non-hydrogen) atoms. The number of carbonyl (C=O) groups is 2. The predicted octanol–water partition coefficient (Wildman–Crippen LogP) is 5.08. The third kappa shape index (κ3) is 9.02. The van der Waals surface area contributed by atoms with Crippen molar-refractivity contribution in [1.82, 2.24) is 24.5 Å². The Morgan fingerprint density at radius 3 is 2.38 bits per heavy atom. The number of nitrogens with zero attached hydrogens (tertiary/aromatic N) is 5. The summed E-state index contributed by atoms with van der Waals surface area (Å²) in [5, 5.41) is 5.50. The minimum atomic E-state index is -0.164. The van der Waals surface area contributed by atoms with E-state index in [1.807, 2.05) is 44.0 Å². The van der Waals surface area contributed by atoms with Crippen LogP contribution in [0.1, 0.15) is 61.9 Å². The number of hydrogen-bond donors (Lipinski definition) is 0. The highest BCUT2D eigenvalue weighted by Gasteiger charge is 2.33. The number of aromatic nitrogens is 2. The standard InChI is InChI=1S/C31H46ClN5O2/c1-7-8-29(18-25-9-13-27(32)14-10-25)37(20-23(2)19-36(22-38)31(39)21-34(4)5)28-15-11-26(12-16-28)30-17-24(3)35(6)33-30/h7,9-10,13-14,17,22-23,26,28-29H,1,8,11-12,15-16,18-21H2,2-6H3. The Morgan fingerprint density at radius 2 is 1.85 bits per heavy atom. The minimum Gasteiger partial charge on any atom is -0.301 e. The predicted molar refractivity (Wildman–Crippen MR) is 159 cm³/mol. The molecule has 3 rings (SSSR count). The van der Waals surface area contributed by atoms with E-state index in [2.05, 4.69) is 43.5 Å². The van der Waals surface area contributed by atoms with E-state index < -0.39 is 0 Å². The van der Waals surface area contributed by atoms with Crippen LogP contribution in [0.4, 0.5) is 0 Å². The number of benzene rings is 1. The molecule has 2 atom stereocenters. The number of imide groups is 1. The summed E-state index contributed by atoms with van der Waals surface area (Å²) < 4.78 is 1.97. The lowest BCUT2D eigenvalue weighted by molar-refractivity contribution is -0.139. The van der Waals surface area contributed by atoms with Crippen molar-refractivity contribution in [2.24, 2.45) is 13.0 Å². The zero-order valence-corrected chi connectivity index (χ0v) is 25.1. The Hall–Kier alpha value is -2.48. The molecule has 0 radical (unpaired) electrons. The largest absolute Gasteiger partial charge is 0.301 e. The number of halogens is 1. The van der Waals surface area contributed by atoms with Gasteiger partial charge in [-0.2, -0.15) is 5.10 Å². The summed E-state index contributed by atoms with van der Waals surface area (Å²) in [6.07, 6.45) is 8.86. The highest BCUT2D eigenvalue weighted by atomic mass is 35.5. The molecule has 1 fully saturated rings. The van der Waals surface area contributed by atoms with Crippen molar-refractivity contribution in [3.63, 3.8) is 0 Å². The molecule has 1 aromatic heterocycles. The fraction of sp³-hybridized carbons (Fsp3) is 0.581. The van der Waals surface area contributed by atoms with Gasteiger partial charge in [0.25, 0.3) is 0 Å². The van der Waals surface area contributed by atoms with Crippen LogP contribution in [-0.2, 0) is 23.1 Å². The molecule has 7 nitrogen and oxygen atoms in total. The molecule has 0 saturated heterocycles. The van der Waals surface area contributed by atoms with Crippen molar-refractivity contribution in [2.45, 2.75) is 70.4 Å². The molecule has 8 heteroatoms. The Labute approximate surface area is 239 Å². The lowest BCUT2D eigenvalue weighted by Crippen LogP contribution is -2.49. The molecule has 1 aromatic carbocycles. The summed E-state index contributed by atoms with van der Waals surface area (Å²) in [4.78, 5) is 30.2. The van der Waals surface area contributed by atoms with Crippen LogP contribution in [0.3, 0.4) is 0 Å². The van der Waals surface area contributed by atoms with E-state index in [9.17, 15) is 9.59 Å². The maximum atomic E-state index is 12.6. The quantitative estimate of drug-likeness (QED) is 0.240. The van der Waals surface area contributed by atoms with Gasteiger partial charge in [0.15, 0.2) is 0 Å². The zero-order valence-electron chi connectivity index (χ0n) is 24.4. The average Bonchev–Trinajstić information content (AvgIpc) is 3.24. The molecule has 2 unspecified atom stereocenters. The van der Waals surface area contributed by atoms with Gasteiger partial charge in [0.2, 0.25) is 12.3 Å². The van der Waals surface area contributed by atoms with Crippen LogP contribution in [0.5, 0.6) is 0 Å². The fourth-order valence-corrected chi connectivity index (χ4v) is 5.95. The lowest BCUT2D eigenvalue weighted by Gasteiger charge is -2.43. The monoisotopic (exact) mass is 555 g/mol. The van der Waals surface area contributed by atoms with Crippen LogP contribution in [0.15, 0.2) is 43.0 Å². The first-order valence-electron chi connectivity index (χ1n) is 14.1. The summed E-state index contributed by atoms with van der Waals surface area (Å²) in [6.45, 7) is 9.77. The molecule has 2 amide bonds. The SMILES string of the molecule is C=CCC(Cc1ccc(Cl)cc1)N(CC(C)CN(C=O)C(=O)CN(C)C)C1CCC(c2cc(C)n(C)n2)CC1. The molecule has 0 N–H and O–H groups in total.